The summed E-state index contributed by atoms with van der Waals surface area (Å²) in [6.07, 6.45) is -15.0. The molecule has 1 heterocycles. The van der Waals surface area contributed by atoms with Crippen LogP contribution in [0.3, 0.4) is 0 Å². The van der Waals surface area contributed by atoms with E-state index in [1.165, 1.54) is 0 Å². The highest BCUT2D eigenvalue weighted by Gasteiger charge is 2.47. The zero-order valence-electron chi connectivity index (χ0n) is 21.2. The standard InChI is InChI=1S/C22H42N4O12/c1-24-11-6-9(23)5-10(11)20(35)25-3-2-4-26-21(36)17(33)16(32)19(12(29)7-27)38-22-18(34)15(31)14(30)13(8-28)37-22/h9-19,22,24,27-34H,2-8,23H2,1H3,(H,25,35)(H,26,36)/t9?,10?,11?,12-,13-,14+,15+,16-,17-,18-,19-,22?/m1/s1. The fraction of sp³-hybridized carbons (Fsp3) is 0.909. The Morgan fingerprint density at radius 2 is 1.68 bits per heavy atom. The van der Waals surface area contributed by atoms with Gasteiger partial charge in [0.15, 0.2) is 12.4 Å². The van der Waals surface area contributed by atoms with Gasteiger partial charge in [0.05, 0.1) is 19.1 Å². The second kappa shape index (κ2) is 15.3. The summed E-state index contributed by atoms with van der Waals surface area (Å²) in [5.41, 5.74) is 5.92. The van der Waals surface area contributed by atoms with Crippen LogP contribution in [0.1, 0.15) is 19.3 Å². The van der Waals surface area contributed by atoms with Gasteiger partial charge in [-0.25, -0.2) is 0 Å². The predicted molar refractivity (Wildman–Crippen MR) is 128 cm³/mol. The highest BCUT2D eigenvalue weighted by molar-refractivity contribution is 5.81. The van der Waals surface area contributed by atoms with Crippen LogP contribution in [0, 0.1) is 5.92 Å². The first-order valence-corrected chi connectivity index (χ1v) is 12.6. The Bertz CT molecular complexity index is 749. The summed E-state index contributed by atoms with van der Waals surface area (Å²) < 4.78 is 10.4. The second-order valence-electron chi connectivity index (χ2n) is 9.65. The average molecular weight is 555 g/mol. The van der Waals surface area contributed by atoms with Crippen LogP contribution >= 0.6 is 0 Å². The molecule has 0 bridgehead atoms. The normalized spacial score (nSPS) is 34.8. The van der Waals surface area contributed by atoms with Crippen molar-refractivity contribution in [3.63, 3.8) is 0 Å². The van der Waals surface area contributed by atoms with Crippen molar-refractivity contribution >= 4 is 11.8 Å². The lowest BCUT2D eigenvalue weighted by Gasteiger charge is -2.42. The second-order valence-corrected chi connectivity index (χ2v) is 9.65. The number of carbonyl (C=O) groups excluding carboxylic acids is 2. The first-order chi connectivity index (χ1) is 18.0. The number of aliphatic hydroxyl groups is 8. The number of aliphatic hydroxyl groups excluding tert-OH is 8. The maximum absolute atomic E-state index is 12.4. The largest absolute Gasteiger partial charge is 0.394 e. The maximum Gasteiger partial charge on any atom is 0.251 e. The first-order valence-electron chi connectivity index (χ1n) is 12.6. The molecule has 38 heavy (non-hydrogen) atoms. The summed E-state index contributed by atoms with van der Waals surface area (Å²) in [6.45, 7) is -1.50. The minimum Gasteiger partial charge on any atom is -0.394 e. The molecule has 2 aliphatic rings. The van der Waals surface area contributed by atoms with Crippen molar-refractivity contribution in [3.05, 3.63) is 0 Å². The monoisotopic (exact) mass is 554 g/mol. The number of hydrogen-bond donors (Lipinski definition) is 12. The molecule has 222 valence electrons. The Hall–Kier alpha value is -1.54. The number of ether oxygens (including phenoxy) is 2. The summed E-state index contributed by atoms with van der Waals surface area (Å²) in [7, 11) is 1.76. The smallest absolute Gasteiger partial charge is 0.251 e. The number of carbonyl (C=O) groups is 2. The van der Waals surface area contributed by atoms with Gasteiger partial charge in [-0.05, 0) is 26.3 Å². The van der Waals surface area contributed by atoms with E-state index < -0.39 is 74.2 Å². The molecule has 12 atom stereocenters. The average Bonchev–Trinajstić information content (AvgIpc) is 3.30. The molecule has 2 fully saturated rings. The summed E-state index contributed by atoms with van der Waals surface area (Å²) >= 11 is 0. The topological polar surface area (TPSA) is 277 Å². The molecule has 4 unspecified atom stereocenters. The SMILES string of the molecule is CNC1CC(N)CC1C(=O)NCCCNC(=O)[C@H](O)[C@@H](O)[C@H](OC1O[C@H](CO)[C@H](O)[C@H](O)[C@H]1O)[C@H](O)CO. The van der Waals surface area contributed by atoms with E-state index in [-0.39, 0.29) is 37.0 Å². The number of amides is 2. The van der Waals surface area contributed by atoms with Crippen LogP contribution in [0.2, 0.25) is 0 Å². The van der Waals surface area contributed by atoms with Crippen LogP contribution in [0.5, 0.6) is 0 Å². The molecule has 0 spiro atoms. The minimum absolute atomic E-state index is 0.0172. The molecule has 1 aliphatic heterocycles. The molecule has 0 aromatic heterocycles. The van der Waals surface area contributed by atoms with Gasteiger partial charge in [-0.15, -0.1) is 0 Å². The van der Waals surface area contributed by atoms with Crippen molar-refractivity contribution in [3.8, 4) is 0 Å². The molecule has 2 amide bonds. The Balaban J connectivity index is 1.86. The maximum atomic E-state index is 12.4. The fourth-order valence-corrected chi connectivity index (χ4v) is 4.61. The fourth-order valence-electron chi connectivity index (χ4n) is 4.61. The van der Waals surface area contributed by atoms with Crippen LogP contribution in [0.4, 0.5) is 0 Å². The predicted octanol–water partition coefficient (Wildman–Crippen LogP) is -6.81. The van der Waals surface area contributed by atoms with Crippen molar-refractivity contribution in [2.24, 2.45) is 11.7 Å². The number of nitrogens with two attached hydrogens (primary N) is 1. The van der Waals surface area contributed by atoms with E-state index in [0.29, 0.717) is 19.3 Å². The first kappa shape index (κ1) is 32.7. The van der Waals surface area contributed by atoms with Crippen LogP contribution in [0.25, 0.3) is 0 Å². The van der Waals surface area contributed by atoms with Crippen molar-refractivity contribution in [2.75, 3.05) is 33.4 Å². The Kier molecular flexibility index (Phi) is 13.2. The van der Waals surface area contributed by atoms with Gasteiger partial charge in [-0.1, -0.05) is 0 Å². The highest BCUT2D eigenvalue weighted by atomic mass is 16.7. The molecular formula is C22H42N4O12. The number of nitrogens with one attached hydrogen (secondary N) is 3. The lowest BCUT2D eigenvalue weighted by atomic mass is 9.98. The molecule has 13 N–H and O–H groups in total. The molecule has 16 nitrogen and oxygen atoms in total. The Morgan fingerprint density at radius 1 is 1.03 bits per heavy atom. The van der Waals surface area contributed by atoms with Gasteiger partial charge in [0, 0.05) is 25.2 Å². The van der Waals surface area contributed by atoms with Gasteiger partial charge < -0.3 is 72.0 Å². The molecule has 0 aromatic carbocycles. The molecule has 1 aliphatic carbocycles. The van der Waals surface area contributed by atoms with Gasteiger partial charge in [0.2, 0.25) is 5.91 Å². The molecule has 0 aromatic rings. The third-order valence-electron chi connectivity index (χ3n) is 6.89. The van der Waals surface area contributed by atoms with Crippen LogP contribution in [-0.2, 0) is 19.1 Å². The number of hydrogen-bond acceptors (Lipinski definition) is 14. The van der Waals surface area contributed by atoms with Crippen molar-refractivity contribution in [1.82, 2.24) is 16.0 Å². The molecular weight excluding hydrogens is 512 g/mol. The van der Waals surface area contributed by atoms with E-state index in [1.807, 2.05) is 0 Å². The molecule has 1 saturated heterocycles. The van der Waals surface area contributed by atoms with Gasteiger partial charge in [-0.2, -0.15) is 0 Å². The summed E-state index contributed by atoms with van der Waals surface area (Å²) in [5.74, 6) is -1.47. The molecule has 1 saturated carbocycles. The Labute approximate surface area is 219 Å². The summed E-state index contributed by atoms with van der Waals surface area (Å²) in [4.78, 5) is 24.7. The van der Waals surface area contributed by atoms with E-state index in [0.717, 1.165) is 0 Å². The molecule has 2 rings (SSSR count). The minimum atomic E-state index is -2.16. The third-order valence-corrected chi connectivity index (χ3v) is 6.89. The summed E-state index contributed by atoms with van der Waals surface area (Å²) in [6, 6.07) is -0.0815. The van der Waals surface area contributed by atoms with Crippen molar-refractivity contribution in [1.29, 1.82) is 0 Å². The third kappa shape index (κ3) is 8.23. The zero-order chi connectivity index (χ0) is 28.6. The lowest BCUT2D eigenvalue weighted by molar-refractivity contribution is -0.326. The van der Waals surface area contributed by atoms with E-state index >= 15 is 0 Å². The molecule has 0 radical (unpaired) electrons. The van der Waals surface area contributed by atoms with Gasteiger partial charge >= 0.3 is 0 Å². The highest BCUT2D eigenvalue weighted by Crippen LogP contribution is 2.26. The molecule has 16 heteroatoms. The van der Waals surface area contributed by atoms with Gasteiger partial charge in [0.25, 0.3) is 5.91 Å². The van der Waals surface area contributed by atoms with Crippen LogP contribution < -0.4 is 21.7 Å². The van der Waals surface area contributed by atoms with E-state index in [2.05, 4.69) is 16.0 Å². The number of rotatable bonds is 14. The summed E-state index contributed by atoms with van der Waals surface area (Å²) in [5, 5.41) is 87.6. The van der Waals surface area contributed by atoms with Gasteiger partial charge in [-0.3, -0.25) is 9.59 Å². The van der Waals surface area contributed by atoms with Crippen LogP contribution in [-0.4, -0.2) is 153 Å². The van der Waals surface area contributed by atoms with E-state index in [4.69, 9.17) is 15.2 Å². The lowest BCUT2D eigenvalue weighted by Crippen LogP contribution is -2.62. The van der Waals surface area contributed by atoms with Crippen molar-refractivity contribution < 1.29 is 59.9 Å². The zero-order valence-corrected chi connectivity index (χ0v) is 21.2. The Morgan fingerprint density at radius 3 is 2.29 bits per heavy atom. The van der Waals surface area contributed by atoms with Crippen molar-refractivity contribution in [2.45, 2.75) is 86.5 Å². The van der Waals surface area contributed by atoms with E-state index in [9.17, 15) is 50.4 Å². The van der Waals surface area contributed by atoms with E-state index in [1.54, 1.807) is 7.05 Å². The van der Waals surface area contributed by atoms with Crippen LogP contribution in [0.15, 0.2) is 0 Å². The quantitative estimate of drug-likeness (QED) is 0.0890. The van der Waals surface area contributed by atoms with Gasteiger partial charge in [0.1, 0.15) is 42.7 Å².